The van der Waals surface area contributed by atoms with Crippen molar-refractivity contribution in [2.24, 2.45) is 0 Å². The lowest BCUT2D eigenvalue weighted by molar-refractivity contribution is -0.117. The second-order valence-electron chi connectivity index (χ2n) is 5.98. The minimum Gasteiger partial charge on any atom is -0.324 e. The van der Waals surface area contributed by atoms with Crippen LogP contribution in [0.3, 0.4) is 0 Å². The number of nitrogens with one attached hydrogen (secondary N) is 2. The zero-order chi connectivity index (χ0) is 19.4. The second-order valence-corrected chi connectivity index (χ2v) is 6.77. The Balaban J connectivity index is 1.71. The highest BCUT2D eigenvalue weighted by Gasteiger charge is 2.14. The van der Waals surface area contributed by atoms with E-state index in [0.29, 0.717) is 45.5 Å². The number of rotatable bonds is 6. The Bertz CT molecular complexity index is 1040. The maximum Gasteiger partial charge on any atom is 0.258 e. The van der Waals surface area contributed by atoms with Crippen LogP contribution in [0, 0.1) is 0 Å². The highest BCUT2D eigenvalue weighted by molar-refractivity contribution is 6.44. The summed E-state index contributed by atoms with van der Waals surface area (Å²) in [5.41, 5.74) is 0.895. The van der Waals surface area contributed by atoms with Crippen LogP contribution < -0.4 is 10.9 Å². The standard InChI is InChI=1S/C19H18Cl2N4O2/c1-2-25(11-17(26)23-15-9-5-7-13(20)18(15)21)10-16-22-14-8-4-3-6-12(14)19(27)24-16/h3-9H,2,10-11H2,1H3,(H,23,26)(H,22,24,27). The van der Waals surface area contributed by atoms with Crippen molar-refractivity contribution in [3.8, 4) is 0 Å². The monoisotopic (exact) mass is 404 g/mol. The minimum absolute atomic E-state index is 0.121. The molecule has 8 heteroatoms. The molecule has 6 nitrogen and oxygen atoms in total. The van der Waals surface area contributed by atoms with Crippen molar-refractivity contribution in [3.05, 3.63) is 68.7 Å². The molecule has 1 aromatic heterocycles. The number of carbonyl (C=O) groups is 1. The number of hydrogen-bond acceptors (Lipinski definition) is 4. The number of likely N-dealkylation sites (N-methyl/N-ethyl adjacent to an activating group) is 1. The minimum atomic E-state index is -0.232. The molecule has 0 saturated heterocycles. The maximum absolute atomic E-state index is 12.4. The lowest BCUT2D eigenvalue weighted by atomic mass is 10.2. The molecule has 3 rings (SSSR count). The molecule has 27 heavy (non-hydrogen) atoms. The third-order valence-electron chi connectivity index (χ3n) is 4.08. The van der Waals surface area contributed by atoms with Crippen LogP contribution in [0.25, 0.3) is 10.9 Å². The molecule has 0 radical (unpaired) electrons. The fourth-order valence-corrected chi connectivity index (χ4v) is 3.04. The Kier molecular flexibility index (Phi) is 6.11. The van der Waals surface area contributed by atoms with Gasteiger partial charge in [0.05, 0.1) is 39.7 Å². The summed E-state index contributed by atoms with van der Waals surface area (Å²) in [5.74, 6) is 0.276. The number of H-pyrrole nitrogens is 1. The first-order chi connectivity index (χ1) is 13.0. The molecule has 1 amide bonds. The van der Waals surface area contributed by atoms with Gasteiger partial charge in [-0.1, -0.05) is 48.3 Å². The van der Waals surface area contributed by atoms with Gasteiger partial charge >= 0.3 is 0 Å². The Morgan fingerprint density at radius 2 is 1.96 bits per heavy atom. The summed E-state index contributed by atoms with van der Waals surface area (Å²) in [6.07, 6.45) is 0. The van der Waals surface area contributed by atoms with Crippen molar-refractivity contribution in [3.63, 3.8) is 0 Å². The smallest absolute Gasteiger partial charge is 0.258 e. The molecular formula is C19H18Cl2N4O2. The lowest BCUT2D eigenvalue weighted by Crippen LogP contribution is -2.34. The summed E-state index contributed by atoms with van der Waals surface area (Å²) in [5, 5.41) is 3.97. The highest BCUT2D eigenvalue weighted by atomic mass is 35.5. The summed E-state index contributed by atoms with van der Waals surface area (Å²) < 4.78 is 0. The zero-order valence-corrected chi connectivity index (χ0v) is 16.1. The van der Waals surface area contributed by atoms with Crippen molar-refractivity contribution in [2.45, 2.75) is 13.5 Å². The molecule has 0 atom stereocenters. The fourth-order valence-electron chi connectivity index (χ4n) is 2.69. The molecule has 0 saturated carbocycles. The van der Waals surface area contributed by atoms with E-state index in [9.17, 15) is 9.59 Å². The number of nitrogens with zero attached hydrogens (tertiary/aromatic N) is 2. The van der Waals surface area contributed by atoms with Crippen LogP contribution >= 0.6 is 23.2 Å². The quantitative estimate of drug-likeness (QED) is 0.656. The molecule has 2 aromatic carbocycles. The summed E-state index contributed by atoms with van der Waals surface area (Å²) in [4.78, 5) is 33.7. The molecule has 0 spiro atoms. The van der Waals surface area contributed by atoms with Gasteiger partial charge in [-0.2, -0.15) is 0 Å². The van der Waals surface area contributed by atoms with Crippen LogP contribution in [-0.2, 0) is 11.3 Å². The van der Waals surface area contributed by atoms with Gasteiger partial charge < -0.3 is 10.3 Å². The SMILES string of the molecule is CCN(CC(=O)Nc1cccc(Cl)c1Cl)Cc1nc2ccccc2c(=O)[nH]1. The topological polar surface area (TPSA) is 78.1 Å². The van der Waals surface area contributed by atoms with Crippen LogP contribution in [0.5, 0.6) is 0 Å². The maximum atomic E-state index is 12.4. The molecule has 0 bridgehead atoms. The van der Waals surface area contributed by atoms with Crippen LogP contribution in [0.4, 0.5) is 5.69 Å². The van der Waals surface area contributed by atoms with Gasteiger partial charge in [0.2, 0.25) is 5.91 Å². The Hall–Kier alpha value is -2.41. The summed E-state index contributed by atoms with van der Waals surface area (Å²) in [6.45, 7) is 3.00. The molecule has 0 aliphatic heterocycles. The molecule has 0 aliphatic carbocycles. The van der Waals surface area contributed by atoms with E-state index in [2.05, 4.69) is 15.3 Å². The normalized spacial score (nSPS) is 11.1. The first-order valence-corrected chi connectivity index (χ1v) is 9.17. The lowest BCUT2D eigenvalue weighted by Gasteiger charge is -2.19. The number of amides is 1. The third kappa shape index (κ3) is 4.66. The van der Waals surface area contributed by atoms with Crippen molar-refractivity contribution in [2.75, 3.05) is 18.4 Å². The van der Waals surface area contributed by atoms with E-state index in [1.54, 1.807) is 36.4 Å². The summed E-state index contributed by atoms with van der Waals surface area (Å²) in [7, 11) is 0. The van der Waals surface area contributed by atoms with E-state index in [0.717, 1.165) is 0 Å². The number of fused-ring (bicyclic) bond motifs is 1. The molecule has 1 heterocycles. The highest BCUT2D eigenvalue weighted by Crippen LogP contribution is 2.29. The molecule has 0 fully saturated rings. The van der Waals surface area contributed by atoms with Gasteiger partial charge in [0.15, 0.2) is 0 Å². The van der Waals surface area contributed by atoms with Crippen molar-refractivity contribution < 1.29 is 4.79 Å². The number of aromatic nitrogens is 2. The average Bonchev–Trinajstić information content (AvgIpc) is 2.65. The van der Waals surface area contributed by atoms with Crippen LogP contribution in [-0.4, -0.2) is 33.9 Å². The molecule has 0 unspecified atom stereocenters. The largest absolute Gasteiger partial charge is 0.324 e. The van der Waals surface area contributed by atoms with E-state index in [4.69, 9.17) is 23.2 Å². The van der Waals surface area contributed by atoms with E-state index >= 15 is 0 Å². The Morgan fingerprint density at radius 1 is 1.19 bits per heavy atom. The van der Waals surface area contributed by atoms with Gasteiger partial charge in [-0.05, 0) is 30.8 Å². The first-order valence-electron chi connectivity index (χ1n) is 8.42. The second kappa shape index (κ2) is 8.52. The van der Waals surface area contributed by atoms with Gasteiger partial charge in [-0.25, -0.2) is 4.98 Å². The number of carbonyl (C=O) groups excluding carboxylic acids is 1. The number of aromatic amines is 1. The first kappa shape index (κ1) is 19.4. The van der Waals surface area contributed by atoms with Crippen molar-refractivity contribution in [1.82, 2.24) is 14.9 Å². The van der Waals surface area contributed by atoms with Crippen molar-refractivity contribution in [1.29, 1.82) is 0 Å². The number of benzene rings is 2. The fraction of sp³-hybridized carbons (Fsp3) is 0.211. The zero-order valence-electron chi connectivity index (χ0n) is 14.6. The summed E-state index contributed by atoms with van der Waals surface area (Å²) >= 11 is 12.1. The molecule has 140 valence electrons. The van der Waals surface area contributed by atoms with Gasteiger partial charge in [-0.15, -0.1) is 0 Å². The molecular weight excluding hydrogens is 387 g/mol. The number of para-hydroxylation sites is 1. The number of anilines is 1. The summed E-state index contributed by atoms with van der Waals surface area (Å²) in [6, 6.07) is 12.2. The Labute approximate surface area is 166 Å². The van der Waals surface area contributed by atoms with E-state index in [1.165, 1.54) is 0 Å². The van der Waals surface area contributed by atoms with Gasteiger partial charge in [0, 0.05) is 0 Å². The van der Waals surface area contributed by atoms with Crippen LogP contribution in [0.1, 0.15) is 12.7 Å². The number of hydrogen-bond donors (Lipinski definition) is 2. The van der Waals surface area contributed by atoms with Crippen LogP contribution in [0.15, 0.2) is 47.3 Å². The molecule has 2 N–H and O–H groups in total. The average molecular weight is 405 g/mol. The van der Waals surface area contributed by atoms with Gasteiger partial charge in [0.25, 0.3) is 5.56 Å². The van der Waals surface area contributed by atoms with Crippen molar-refractivity contribution >= 4 is 45.7 Å². The molecule has 3 aromatic rings. The number of halogens is 2. The predicted molar refractivity (Wildman–Crippen MR) is 108 cm³/mol. The van der Waals surface area contributed by atoms with E-state index < -0.39 is 0 Å². The van der Waals surface area contributed by atoms with E-state index in [1.807, 2.05) is 17.9 Å². The third-order valence-corrected chi connectivity index (χ3v) is 4.89. The van der Waals surface area contributed by atoms with Gasteiger partial charge in [0.1, 0.15) is 5.82 Å². The van der Waals surface area contributed by atoms with Gasteiger partial charge in [-0.3, -0.25) is 14.5 Å². The van der Waals surface area contributed by atoms with Crippen LogP contribution in [0.2, 0.25) is 10.0 Å². The predicted octanol–water partition coefficient (Wildman–Crippen LogP) is 3.69. The Morgan fingerprint density at radius 3 is 2.74 bits per heavy atom. The molecule has 0 aliphatic rings. The van der Waals surface area contributed by atoms with E-state index in [-0.39, 0.29) is 18.0 Å².